The molecular weight excluding hydrogens is 380 g/mol. The molecule has 0 spiro atoms. The number of carbonyl (C=O) groups excluding carboxylic acids is 2. The Morgan fingerprint density at radius 2 is 1.73 bits per heavy atom. The highest BCUT2D eigenvalue weighted by Crippen LogP contribution is 2.34. The van der Waals surface area contributed by atoms with Crippen molar-refractivity contribution in [2.75, 3.05) is 40.5 Å². The minimum atomic E-state index is -0.296. The number of hydrogen-bond acceptors (Lipinski definition) is 4. The van der Waals surface area contributed by atoms with Gasteiger partial charge >= 0.3 is 0 Å². The molecule has 1 N–H and O–H groups in total. The molecule has 6 nitrogen and oxygen atoms in total. The third-order valence-corrected chi connectivity index (χ3v) is 5.61. The topological polar surface area (TPSA) is 67.9 Å². The predicted octanol–water partition coefficient (Wildman–Crippen LogP) is 3.01. The predicted molar refractivity (Wildman–Crippen MR) is 116 cm³/mol. The maximum Gasteiger partial charge on any atom is 0.253 e. The van der Waals surface area contributed by atoms with Crippen molar-refractivity contribution in [2.45, 2.75) is 19.3 Å². The lowest BCUT2D eigenvalue weighted by Gasteiger charge is -2.18. The molecule has 2 amide bonds. The molecule has 0 saturated carbocycles. The standard InChI is InChI=1S/C24H30N2O4/c1-17-5-7-19(8-6-17)24(28)26-15-21(18-9-11-20(30-3)12-10-18)22(16-26)23(27)25-13-4-14-29-2/h5-12,21-22H,4,13-16H2,1-3H3,(H,25,27). The van der Waals surface area contributed by atoms with Crippen LogP contribution in [0.3, 0.4) is 0 Å². The van der Waals surface area contributed by atoms with Gasteiger partial charge in [-0.2, -0.15) is 0 Å². The fourth-order valence-electron chi connectivity index (χ4n) is 3.86. The highest BCUT2D eigenvalue weighted by atomic mass is 16.5. The molecule has 30 heavy (non-hydrogen) atoms. The summed E-state index contributed by atoms with van der Waals surface area (Å²) in [7, 11) is 3.27. The fraction of sp³-hybridized carbons (Fsp3) is 0.417. The second-order valence-corrected chi connectivity index (χ2v) is 7.70. The minimum Gasteiger partial charge on any atom is -0.497 e. The largest absolute Gasteiger partial charge is 0.497 e. The van der Waals surface area contributed by atoms with E-state index in [9.17, 15) is 9.59 Å². The van der Waals surface area contributed by atoms with Gasteiger partial charge in [-0.05, 0) is 43.2 Å². The van der Waals surface area contributed by atoms with Crippen LogP contribution in [0.4, 0.5) is 0 Å². The van der Waals surface area contributed by atoms with Crippen molar-refractivity contribution in [3.05, 3.63) is 65.2 Å². The molecular formula is C24H30N2O4. The third-order valence-electron chi connectivity index (χ3n) is 5.61. The van der Waals surface area contributed by atoms with Crippen molar-refractivity contribution >= 4 is 11.8 Å². The summed E-state index contributed by atoms with van der Waals surface area (Å²) < 4.78 is 10.3. The van der Waals surface area contributed by atoms with Gasteiger partial charge in [-0.1, -0.05) is 29.8 Å². The van der Waals surface area contributed by atoms with Gasteiger partial charge in [0.1, 0.15) is 5.75 Å². The highest BCUT2D eigenvalue weighted by molar-refractivity contribution is 5.95. The van der Waals surface area contributed by atoms with Gasteiger partial charge in [-0.3, -0.25) is 9.59 Å². The summed E-state index contributed by atoms with van der Waals surface area (Å²) in [5.41, 5.74) is 2.79. The number of nitrogens with zero attached hydrogens (tertiary/aromatic N) is 1. The Morgan fingerprint density at radius 3 is 2.37 bits per heavy atom. The molecule has 1 aliphatic heterocycles. The Kier molecular flexibility index (Phi) is 7.46. The summed E-state index contributed by atoms with van der Waals surface area (Å²) in [6, 6.07) is 15.3. The van der Waals surface area contributed by atoms with Crippen LogP contribution in [0.5, 0.6) is 5.75 Å². The lowest BCUT2D eigenvalue weighted by molar-refractivity contribution is -0.124. The summed E-state index contributed by atoms with van der Waals surface area (Å²) in [4.78, 5) is 27.8. The first-order valence-corrected chi connectivity index (χ1v) is 10.3. The average molecular weight is 411 g/mol. The first kappa shape index (κ1) is 21.8. The molecule has 0 aliphatic carbocycles. The Bertz CT molecular complexity index is 849. The van der Waals surface area contributed by atoms with E-state index >= 15 is 0 Å². The highest BCUT2D eigenvalue weighted by Gasteiger charge is 2.40. The van der Waals surface area contributed by atoms with Gasteiger partial charge < -0.3 is 19.7 Å². The maximum absolute atomic E-state index is 13.1. The van der Waals surface area contributed by atoms with E-state index in [0.717, 1.165) is 23.3 Å². The first-order valence-electron chi connectivity index (χ1n) is 10.3. The number of hydrogen-bond donors (Lipinski definition) is 1. The lowest BCUT2D eigenvalue weighted by Crippen LogP contribution is -2.36. The van der Waals surface area contributed by atoms with E-state index in [1.165, 1.54) is 0 Å². The fourth-order valence-corrected chi connectivity index (χ4v) is 3.86. The zero-order valence-corrected chi connectivity index (χ0v) is 17.9. The molecule has 0 aromatic heterocycles. The summed E-state index contributed by atoms with van der Waals surface area (Å²) in [6.45, 7) is 4.07. The number of nitrogens with one attached hydrogen (secondary N) is 1. The number of methoxy groups -OCH3 is 2. The van der Waals surface area contributed by atoms with E-state index in [1.54, 1.807) is 19.1 Å². The second kappa shape index (κ2) is 10.3. The van der Waals surface area contributed by atoms with E-state index < -0.39 is 0 Å². The van der Waals surface area contributed by atoms with Crippen LogP contribution < -0.4 is 10.1 Å². The number of amides is 2. The van der Waals surface area contributed by atoms with E-state index in [4.69, 9.17) is 9.47 Å². The quantitative estimate of drug-likeness (QED) is 0.680. The third kappa shape index (κ3) is 5.19. The van der Waals surface area contributed by atoms with Crippen LogP contribution in [-0.2, 0) is 9.53 Å². The van der Waals surface area contributed by atoms with Crippen molar-refractivity contribution in [3.63, 3.8) is 0 Å². The number of ether oxygens (including phenoxy) is 2. The molecule has 1 fully saturated rings. The molecule has 6 heteroatoms. The van der Waals surface area contributed by atoms with Crippen LogP contribution in [0.2, 0.25) is 0 Å². The lowest BCUT2D eigenvalue weighted by atomic mass is 9.88. The molecule has 0 bridgehead atoms. The van der Waals surface area contributed by atoms with E-state index in [1.807, 2.05) is 55.5 Å². The van der Waals surface area contributed by atoms with Gasteiger partial charge in [0.2, 0.25) is 5.91 Å². The molecule has 1 aliphatic rings. The molecule has 2 atom stereocenters. The van der Waals surface area contributed by atoms with Gasteiger partial charge in [-0.25, -0.2) is 0 Å². The summed E-state index contributed by atoms with van der Waals surface area (Å²) in [5, 5.41) is 3.01. The van der Waals surface area contributed by atoms with Crippen LogP contribution in [0.1, 0.15) is 33.8 Å². The number of rotatable bonds is 8. The Morgan fingerprint density at radius 1 is 1.03 bits per heavy atom. The van der Waals surface area contributed by atoms with Crippen molar-refractivity contribution in [1.29, 1.82) is 0 Å². The number of likely N-dealkylation sites (tertiary alicyclic amines) is 1. The van der Waals surface area contributed by atoms with Gasteiger partial charge in [0.25, 0.3) is 5.91 Å². The Hall–Kier alpha value is -2.86. The van der Waals surface area contributed by atoms with Gasteiger partial charge in [0, 0.05) is 44.8 Å². The van der Waals surface area contributed by atoms with E-state index in [-0.39, 0.29) is 23.7 Å². The van der Waals surface area contributed by atoms with E-state index in [0.29, 0.717) is 31.8 Å². The summed E-state index contributed by atoms with van der Waals surface area (Å²) in [6.07, 6.45) is 0.758. The average Bonchev–Trinajstić information content (AvgIpc) is 3.22. The minimum absolute atomic E-state index is 0.0221. The van der Waals surface area contributed by atoms with Crippen LogP contribution >= 0.6 is 0 Å². The molecule has 2 aromatic carbocycles. The second-order valence-electron chi connectivity index (χ2n) is 7.70. The first-order chi connectivity index (χ1) is 14.5. The zero-order valence-electron chi connectivity index (χ0n) is 17.9. The van der Waals surface area contributed by atoms with Crippen LogP contribution in [0, 0.1) is 12.8 Å². The van der Waals surface area contributed by atoms with Gasteiger partial charge in [-0.15, -0.1) is 0 Å². The smallest absolute Gasteiger partial charge is 0.253 e. The summed E-state index contributed by atoms with van der Waals surface area (Å²) in [5.74, 6) is 0.349. The molecule has 160 valence electrons. The normalized spacial score (nSPS) is 18.3. The molecule has 3 rings (SSSR count). The van der Waals surface area contributed by atoms with Crippen molar-refractivity contribution in [2.24, 2.45) is 5.92 Å². The van der Waals surface area contributed by atoms with Crippen LogP contribution in [0.15, 0.2) is 48.5 Å². The maximum atomic E-state index is 13.1. The SMILES string of the molecule is COCCCNC(=O)C1CN(C(=O)c2ccc(C)cc2)CC1c1ccc(OC)cc1. The van der Waals surface area contributed by atoms with Crippen molar-refractivity contribution in [3.8, 4) is 5.75 Å². The summed E-state index contributed by atoms with van der Waals surface area (Å²) >= 11 is 0. The number of aryl methyl sites for hydroxylation is 1. The molecule has 1 heterocycles. The molecule has 1 saturated heterocycles. The van der Waals surface area contributed by atoms with Gasteiger partial charge in [0.15, 0.2) is 0 Å². The molecule has 2 unspecified atom stereocenters. The van der Waals surface area contributed by atoms with Crippen LogP contribution in [-0.4, -0.2) is 57.2 Å². The number of benzene rings is 2. The van der Waals surface area contributed by atoms with Crippen molar-refractivity contribution in [1.82, 2.24) is 10.2 Å². The Labute approximate surface area is 178 Å². The molecule has 0 radical (unpaired) electrons. The van der Waals surface area contributed by atoms with E-state index in [2.05, 4.69) is 5.32 Å². The van der Waals surface area contributed by atoms with Gasteiger partial charge in [0.05, 0.1) is 13.0 Å². The monoisotopic (exact) mass is 410 g/mol. The molecule has 2 aromatic rings. The zero-order chi connectivity index (χ0) is 21.5. The Balaban J connectivity index is 1.78. The van der Waals surface area contributed by atoms with Crippen molar-refractivity contribution < 1.29 is 19.1 Å². The number of carbonyl (C=O) groups is 2. The van der Waals surface area contributed by atoms with Crippen LogP contribution in [0.25, 0.3) is 0 Å².